The Hall–Kier alpha value is -2.69. The van der Waals surface area contributed by atoms with Gasteiger partial charge in [-0.25, -0.2) is 9.97 Å². The topological polar surface area (TPSA) is 59.9 Å². The van der Waals surface area contributed by atoms with Crippen molar-refractivity contribution in [2.24, 2.45) is 0 Å². The molecule has 0 aliphatic carbocycles. The van der Waals surface area contributed by atoms with Crippen LogP contribution in [0, 0.1) is 0 Å². The van der Waals surface area contributed by atoms with Crippen molar-refractivity contribution < 1.29 is 4.74 Å². The van der Waals surface area contributed by atoms with Gasteiger partial charge in [0.05, 0.1) is 6.61 Å². The first-order valence-corrected chi connectivity index (χ1v) is 7.43. The minimum atomic E-state index is 0.435. The van der Waals surface area contributed by atoms with Gasteiger partial charge in [0.25, 0.3) is 0 Å². The second kappa shape index (κ2) is 5.60. The summed E-state index contributed by atoms with van der Waals surface area (Å²) in [6.07, 6.45) is 4.35. The SMILES string of the molecule is c1ccc2c(c1)OCCC2CNc1ccc2nccnc2n1. The van der Waals surface area contributed by atoms with Crippen LogP contribution in [-0.2, 0) is 0 Å². The summed E-state index contributed by atoms with van der Waals surface area (Å²) in [5.41, 5.74) is 2.74. The van der Waals surface area contributed by atoms with Crippen LogP contribution < -0.4 is 10.1 Å². The lowest BCUT2D eigenvalue weighted by Gasteiger charge is -2.26. The van der Waals surface area contributed by atoms with Crippen LogP contribution in [0.2, 0.25) is 0 Å². The first-order valence-electron chi connectivity index (χ1n) is 7.43. The quantitative estimate of drug-likeness (QED) is 0.804. The van der Waals surface area contributed by atoms with E-state index in [2.05, 4.69) is 32.4 Å². The molecule has 1 atom stereocenters. The third-order valence-corrected chi connectivity index (χ3v) is 3.94. The van der Waals surface area contributed by atoms with E-state index in [9.17, 15) is 0 Å². The highest BCUT2D eigenvalue weighted by Gasteiger charge is 2.20. The number of aromatic nitrogens is 3. The van der Waals surface area contributed by atoms with Crippen molar-refractivity contribution in [2.75, 3.05) is 18.5 Å². The van der Waals surface area contributed by atoms with Gasteiger partial charge in [0.15, 0.2) is 5.65 Å². The molecule has 0 spiro atoms. The molecule has 1 aliphatic heterocycles. The number of anilines is 1. The van der Waals surface area contributed by atoms with E-state index in [-0.39, 0.29) is 0 Å². The van der Waals surface area contributed by atoms with Gasteiger partial charge in [0.1, 0.15) is 17.1 Å². The maximum atomic E-state index is 5.70. The Morgan fingerprint density at radius 2 is 2.00 bits per heavy atom. The minimum Gasteiger partial charge on any atom is -0.493 e. The van der Waals surface area contributed by atoms with Gasteiger partial charge in [0.2, 0.25) is 0 Å². The maximum absolute atomic E-state index is 5.70. The number of ether oxygens (including phenoxy) is 1. The lowest BCUT2D eigenvalue weighted by atomic mass is 9.93. The van der Waals surface area contributed by atoms with Crippen LogP contribution in [0.25, 0.3) is 11.2 Å². The molecule has 3 heterocycles. The number of pyridine rings is 1. The molecule has 22 heavy (non-hydrogen) atoms. The van der Waals surface area contributed by atoms with Gasteiger partial charge in [0, 0.05) is 24.9 Å². The molecule has 0 bridgehead atoms. The Kier molecular flexibility index (Phi) is 3.31. The van der Waals surface area contributed by atoms with Crippen LogP contribution in [0.15, 0.2) is 48.8 Å². The van der Waals surface area contributed by atoms with Crippen LogP contribution in [-0.4, -0.2) is 28.1 Å². The molecule has 4 rings (SSSR count). The fourth-order valence-corrected chi connectivity index (χ4v) is 2.81. The van der Waals surface area contributed by atoms with Crippen molar-refractivity contribution in [3.8, 4) is 5.75 Å². The summed E-state index contributed by atoms with van der Waals surface area (Å²) in [4.78, 5) is 13.0. The zero-order valence-electron chi connectivity index (χ0n) is 12.1. The molecule has 0 saturated carbocycles. The van der Waals surface area contributed by atoms with Crippen molar-refractivity contribution in [1.82, 2.24) is 15.0 Å². The highest BCUT2D eigenvalue weighted by Crippen LogP contribution is 2.33. The standard InChI is InChI=1S/C17H16N4O/c1-2-4-15-13(3-1)12(7-10-22-15)11-20-16-6-5-14-17(21-16)19-9-8-18-14/h1-6,8-9,12H,7,10-11H2,(H,19,20,21). The Balaban J connectivity index is 1.52. The van der Waals surface area contributed by atoms with Crippen molar-refractivity contribution >= 4 is 17.0 Å². The first kappa shape index (κ1) is 13.0. The van der Waals surface area contributed by atoms with Gasteiger partial charge in [-0.15, -0.1) is 0 Å². The van der Waals surface area contributed by atoms with Gasteiger partial charge in [-0.05, 0) is 30.2 Å². The smallest absolute Gasteiger partial charge is 0.180 e. The Morgan fingerprint density at radius 1 is 1.09 bits per heavy atom. The fraction of sp³-hybridized carbons (Fsp3) is 0.235. The van der Waals surface area contributed by atoms with Crippen molar-refractivity contribution in [1.29, 1.82) is 0 Å². The maximum Gasteiger partial charge on any atom is 0.180 e. The third kappa shape index (κ3) is 2.45. The largest absolute Gasteiger partial charge is 0.493 e. The van der Waals surface area contributed by atoms with E-state index < -0.39 is 0 Å². The predicted molar refractivity (Wildman–Crippen MR) is 85.1 cm³/mol. The lowest BCUT2D eigenvalue weighted by molar-refractivity contribution is 0.270. The molecular formula is C17H16N4O. The van der Waals surface area contributed by atoms with E-state index in [4.69, 9.17) is 4.74 Å². The zero-order valence-corrected chi connectivity index (χ0v) is 12.1. The Labute approximate surface area is 128 Å². The second-order valence-electron chi connectivity index (χ2n) is 5.35. The first-order chi connectivity index (χ1) is 10.9. The number of benzene rings is 1. The molecule has 0 radical (unpaired) electrons. The van der Waals surface area contributed by atoms with Crippen molar-refractivity contribution in [2.45, 2.75) is 12.3 Å². The van der Waals surface area contributed by atoms with E-state index in [1.165, 1.54) is 5.56 Å². The second-order valence-corrected chi connectivity index (χ2v) is 5.35. The highest BCUT2D eigenvalue weighted by atomic mass is 16.5. The van der Waals surface area contributed by atoms with Gasteiger partial charge >= 0.3 is 0 Å². The zero-order chi connectivity index (χ0) is 14.8. The number of hydrogen-bond acceptors (Lipinski definition) is 5. The highest BCUT2D eigenvalue weighted by molar-refractivity contribution is 5.71. The molecule has 5 heteroatoms. The van der Waals surface area contributed by atoms with Gasteiger partial charge in [-0.1, -0.05) is 18.2 Å². The average molecular weight is 292 g/mol. The van der Waals surface area contributed by atoms with Crippen molar-refractivity contribution in [3.63, 3.8) is 0 Å². The molecular weight excluding hydrogens is 276 g/mol. The molecule has 0 saturated heterocycles. The molecule has 3 aromatic rings. The summed E-state index contributed by atoms with van der Waals surface area (Å²) in [6, 6.07) is 12.1. The number of nitrogens with one attached hydrogen (secondary N) is 1. The number of nitrogens with zero attached hydrogens (tertiary/aromatic N) is 3. The van der Waals surface area contributed by atoms with Gasteiger partial charge in [-0.3, -0.25) is 4.98 Å². The predicted octanol–water partition coefficient (Wildman–Crippen LogP) is 3.00. The molecule has 0 amide bonds. The molecule has 5 nitrogen and oxygen atoms in total. The summed E-state index contributed by atoms with van der Waals surface area (Å²) in [7, 11) is 0. The third-order valence-electron chi connectivity index (χ3n) is 3.94. The van der Waals surface area contributed by atoms with Crippen LogP contribution in [0.3, 0.4) is 0 Å². The number of para-hydroxylation sites is 1. The molecule has 1 aromatic carbocycles. The molecule has 0 fully saturated rings. The Morgan fingerprint density at radius 3 is 3.00 bits per heavy atom. The van der Waals surface area contributed by atoms with Crippen LogP contribution in [0.4, 0.5) is 5.82 Å². The minimum absolute atomic E-state index is 0.435. The van der Waals surface area contributed by atoms with Crippen LogP contribution in [0.5, 0.6) is 5.75 Å². The summed E-state index contributed by atoms with van der Waals surface area (Å²) in [5.74, 6) is 2.26. The van der Waals surface area contributed by atoms with Gasteiger partial charge in [-0.2, -0.15) is 0 Å². The van der Waals surface area contributed by atoms with E-state index in [0.717, 1.165) is 36.7 Å². The normalized spacial score (nSPS) is 16.8. The molecule has 1 N–H and O–H groups in total. The van der Waals surface area contributed by atoms with Crippen molar-refractivity contribution in [3.05, 3.63) is 54.4 Å². The fourth-order valence-electron chi connectivity index (χ4n) is 2.81. The summed E-state index contributed by atoms with van der Waals surface area (Å²) >= 11 is 0. The summed E-state index contributed by atoms with van der Waals surface area (Å²) < 4.78 is 5.70. The summed E-state index contributed by atoms with van der Waals surface area (Å²) in [6.45, 7) is 1.60. The number of rotatable bonds is 3. The van der Waals surface area contributed by atoms with E-state index in [0.29, 0.717) is 11.6 Å². The number of fused-ring (bicyclic) bond motifs is 2. The molecule has 2 aromatic heterocycles. The monoisotopic (exact) mass is 292 g/mol. The lowest BCUT2D eigenvalue weighted by Crippen LogP contribution is -2.21. The molecule has 1 aliphatic rings. The van der Waals surface area contributed by atoms with Crippen LogP contribution >= 0.6 is 0 Å². The van der Waals surface area contributed by atoms with E-state index >= 15 is 0 Å². The average Bonchev–Trinajstić information content (AvgIpc) is 2.60. The van der Waals surface area contributed by atoms with E-state index in [1.54, 1.807) is 12.4 Å². The number of hydrogen-bond donors (Lipinski definition) is 1. The molecule has 110 valence electrons. The Bertz CT molecular complexity index is 805. The summed E-state index contributed by atoms with van der Waals surface area (Å²) in [5, 5.41) is 3.41. The van der Waals surface area contributed by atoms with Crippen LogP contribution in [0.1, 0.15) is 17.9 Å². The van der Waals surface area contributed by atoms with Gasteiger partial charge < -0.3 is 10.1 Å². The van der Waals surface area contributed by atoms with E-state index in [1.807, 2.05) is 24.3 Å². The molecule has 1 unspecified atom stereocenters.